The fraction of sp³-hybridized carbons (Fsp3) is 0.176. The molecule has 6 heteroatoms. The van der Waals surface area contributed by atoms with Gasteiger partial charge in [0.05, 0.1) is 10.4 Å². The van der Waals surface area contributed by atoms with E-state index in [1.54, 1.807) is 29.5 Å². The minimum absolute atomic E-state index is 0.157. The number of fused-ring (bicyclic) bond motifs is 3. The molecule has 1 N–H and O–H groups in total. The second-order valence-electron chi connectivity index (χ2n) is 5.50. The lowest BCUT2D eigenvalue weighted by molar-refractivity contribution is 0.627. The van der Waals surface area contributed by atoms with Crippen LogP contribution >= 0.6 is 22.9 Å². The molecule has 1 aromatic carbocycles. The summed E-state index contributed by atoms with van der Waals surface area (Å²) < 4.78 is 13.2. The van der Waals surface area contributed by atoms with E-state index in [1.807, 2.05) is 0 Å². The van der Waals surface area contributed by atoms with Gasteiger partial charge in [0.15, 0.2) is 5.82 Å². The maximum Gasteiger partial charge on any atom is 0.260 e. The number of halogens is 2. The first kappa shape index (κ1) is 14.6. The van der Waals surface area contributed by atoms with Crippen molar-refractivity contribution in [1.29, 1.82) is 0 Å². The Morgan fingerprint density at radius 2 is 2.26 bits per heavy atom. The SMILES string of the molecule is O=c1[nH]c(/C(Cl)=C/c2cccc(F)c2)nc2sc3c(c12)CCC3. The molecule has 0 unspecified atom stereocenters. The molecule has 3 nitrogen and oxygen atoms in total. The first-order valence-electron chi connectivity index (χ1n) is 7.29. The van der Waals surface area contributed by atoms with Gasteiger partial charge in [-0.05, 0) is 48.6 Å². The van der Waals surface area contributed by atoms with Gasteiger partial charge in [0, 0.05) is 4.88 Å². The van der Waals surface area contributed by atoms with Gasteiger partial charge in [0.1, 0.15) is 10.6 Å². The molecule has 0 atom stereocenters. The lowest BCUT2D eigenvalue weighted by atomic mass is 10.2. The van der Waals surface area contributed by atoms with Crippen LogP contribution in [0.3, 0.4) is 0 Å². The van der Waals surface area contributed by atoms with Crippen LogP contribution in [0.5, 0.6) is 0 Å². The number of hydrogen-bond acceptors (Lipinski definition) is 3. The lowest BCUT2D eigenvalue weighted by Gasteiger charge is -2.01. The molecule has 0 fully saturated rings. The van der Waals surface area contributed by atoms with Crippen LogP contribution in [0.15, 0.2) is 29.1 Å². The first-order chi connectivity index (χ1) is 11.1. The van der Waals surface area contributed by atoms with Gasteiger partial charge in [-0.2, -0.15) is 0 Å². The van der Waals surface area contributed by atoms with E-state index in [-0.39, 0.29) is 16.4 Å². The fourth-order valence-corrected chi connectivity index (χ4v) is 4.40. The zero-order valence-electron chi connectivity index (χ0n) is 12.0. The third kappa shape index (κ3) is 2.60. The van der Waals surface area contributed by atoms with Gasteiger partial charge in [-0.1, -0.05) is 23.7 Å². The predicted molar refractivity (Wildman–Crippen MR) is 92.4 cm³/mol. The highest BCUT2D eigenvalue weighted by Crippen LogP contribution is 2.35. The molecule has 0 bridgehead atoms. The Morgan fingerprint density at radius 1 is 1.39 bits per heavy atom. The van der Waals surface area contributed by atoms with E-state index in [0.29, 0.717) is 16.8 Å². The summed E-state index contributed by atoms with van der Waals surface area (Å²) in [6.45, 7) is 0. The van der Waals surface area contributed by atoms with Crippen molar-refractivity contribution in [1.82, 2.24) is 9.97 Å². The number of aromatic amines is 1. The first-order valence-corrected chi connectivity index (χ1v) is 8.49. The van der Waals surface area contributed by atoms with Crippen molar-refractivity contribution in [3.8, 4) is 0 Å². The summed E-state index contributed by atoms with van der Waals surface area (Å²) in [6.07, 6.45) is 4.64. The summed E-state index contributed by atoms with van der Waals surface area (Å²) in [7, 11) is 0. The van der Waals surface area contributed by atoms with Crippen LogP contribution in [-0.4, -0.2) is 9.97 Å². The standard InChI is InChI=1S/C17H12ClFN2OS/c18-12(8-9-3-1-4-10(19)7-9)15-20-16(22)14-11-5-2-6-13(11)23-17(14)21-15/h1,3-4,7-8H,2,5-6H2,(H,20,21,22)/b12-8-. The van der Waals surface area contributed by atoms with E-state index in [2.05, 4.69) is 9.97 Å². The second kappa shape index (κ2) is 5.58. The van der Waals surface area contributed by atoms with E-state index in [4.69, 9.17) is 11.6 Å². The van der Waals surface area contributed by atoms with Crippen LogP contribution in [-0.2, 0) is 12.8 Å². The molecule has 0 saturated heterocycles. The Bertz CT molecular complexity index is 1010. The van der Waals surface area contributed by atoms with Crippen molar-refractivity contribution < 1.29 is 4.39 Å². The van der Waals surface area contributed by atoms with Gasteiger partial charge in [0.2, 0.25) is 0 Å². The molecule has 0 radical (unpaired) electrons. The van der Waals surface area contributed by atoms with Crippen LogP contribution in [0.1, 0.15) is 28.2 Å². The Hall–Kier alpha value is -1.98. The summed E-state index contributed by atoms with van der Waals surface area (Å²) in [4.78, 5) is 21.6. The largest absolute Gasteiger partial charge is 0.305 e. The van der Waals surface area contributed by atoms with Gasteiger partial charge in [-0.25, -0.2) is 9.37 Å². The second-order valence-corrected chi connectivity index (χ2v) is 6.99. The molecule has 0 saturated carbocycles. The van der Waals surface area contributed by atoms with Crippen molar-refractivity contribution in [3.05, 3.63) is 62.3 Å². The molecule has 1 aliphatic rings. The molecule has 23 heavy (non-hydrogen) atoms. The normalized spacial score (nSPS) is 14.4. The Kier molecular flexibility index (Phi) is 3.54. The minimum Gasteiger partial charge on any atom is -0.305 e. The number of hydrogen-bond donors (Lipinski definition) is 1. The molecule has 2 heterocycles. The third-order valence-electron chi connectivity index (χ3n) is 3.94. The highest BCUT2D eigenvalue weighted by Gasteiger charge is 2.21. The fourth-order valence-electron chi connectivity index (χ4n) is 2.93. The molecule has 2 aromatic heterocycles. The highest BCUT2D eigenvalue weighted by molar-refractivity contribution is 7.18. The molecule has 1 aliphatic carbocycles. The molecular weight excluding hydrogens is 335 g/mol. The van der Waals surface area contributed by atoms with Crippen LogP contribution in [0.4, 0.5) is 4.39 Å². The number of aromatic nitrogens is 2. The number of H-pyrrole nitrogens is 1. The van der Waals surface area contributed by atoms with E-state index < -0.39 is 0 Å². The van der Waals surface area contributed by atoms with Crippen LogP contribution < -0.4 is 5.56 Å². The molecule has 116 valence electrons. The number of nitrogens with zero attached hydrogens (tertiary/aromatic N) is 1. The maximum absolute atomic E-state index is 13.2. The van der Waals surface area contributed by atoms with Crippen molar-refractivity contribution in [2.75, 3.05) is 0 Å². The van der Waals surface area contributed by atoms with Crippen molar-refractivity contribution in [2.24, 2.45) is 0 Å². The average Bonchev–Trinajstić information content (AvgIpc) is 3.07. The van der Waals surface area contributed by atoms with Gasteiger partial charge in [-0.15, -0.1) is 11.3 Å². The summed E-state index contributed by atoms with van der Waals surface area (Å²) in [5, 5.41) is 0.977. The number of nitrogens with one attached hydrogen (secondary N) is 1. The molecule has 3 aromatic rings. The Labute approximate surface area is 140 Å². The molecule has 0 aliphatic heterocycles. The molecular formula is C17H12ClFN2OS. The quantitative estimate of drug-likeness (QED) is 0.749. The van der Waals surface area contributed by atoms with Crippen LogP contribution in [0.2, 0.25) is 0 Å². The van der Waals surface area contributed by atoms with Crippen LogP contribution in [0, 0.1) is 5.82 Å². The van der Waals surface area contributed by atoms with Crippen molar-refractivity contribution >= 4 is 44.3 Å². The average molecular weight is 347 g/mol. The summed E-state index contributed by atoms with van der Waals surface area (Å²) in [5.74, 6) is -0.0249. The van der Waals surface area contributed by atoms with Gasteiger partial charge >= 0.3 is 0 Å². The summed E-state index contributed by atoms with van der Waals surface area (Å²) >= 11 is 7.83. The zero-order valence-corrected chi connectivity index (χ0v) is 13.6. The highest BCUT2D eigenvalue weighted by atomic mass is 35.5. The zero-order chi connectivity index (χ0) is 16.0. The van der Waals surface area contributed by atoms with E-state index >= 15 is 0 Å². The monoisotopic (exact) mass is 346 g/mol. The van der Waals surface area contributed by atoms with Crippen molar-refractivity contribution in [2.45, 2.75) is 19.3 Å². The number of thiophene rings is 1. The summed E-state index contributed by atoms with van der Waals surface area (Å²) in [6, 6.07) is 6.08. The smallest absolute Gasteiger partial charge is 0.260 e. The minimum atomic E-state index is -0.338. The molecule has 0 amide bonds. The summed E-state index contributed by atoms with van der Waals surface area (Å²) in [5.41, 5.74) is 1.59. The van der Waals surface area contributed by atoms with Gasteiger partial charge in [-0.3, -0.25) is 4.79 Å². The van der Waals surface area contributed by atoms with Crippen molar-refractivity contribution in [3.63, 3.8) is 0 Å². The van der Waals surface area contributed by atoms with E-state index in [1.165, 1.54) is 17.0 Å². The number of benzene rings is 1. The Balaban J connectivity index is 1.81. The predicted octanol–water partition coefficient (Wildman–Crippen LogP) is 4.35. The van der Waals surface area contributed by atoms with Gasteiger partial charge in [0.25, 0.3) is 5.56 Å². The van der Waals surface area contributed by atoms with E-state index in [9.17, 15) is 9.18 Å². The lowest BCUT2D eigenvalue weighted by Crippen LogP contribution is -2.10. The third-order valence-corrected chi connectivity index (χ3v) is 5.42. The topological polar surface area (TPSA) is 45.8 Å². The molecule has 4 rings (SSSR count). The van der Waals surface area contributed by atoms with E-state index in [0.717, 1.165) is 29.7 Å². The Morgan fingerprint density at radius 3 is 3.09 bits per heavy atom. The number of rotatable bonds is 2. The van der Waals surface area contributed by atoms with Crippen LogP contribution in [0.25, 0.3) is 21.3 Å². The number of aryl methyl sites for hydroxylation is 2. The maximum atomic E-state index is 13.2. The molecule has 0 spiro atoms. The van der Waals surface area contributed by atoms with Gasteiger partial charge < -0.3 is 4.98 Å².